The minimum atomic E-state index is 0.448. The second-order valence-electron chi connectivity index (χ2n) is 13.3. The van der Waals surface area contributed by atoms with Gasteiger partial charge in [-0.2, -0.15) is 0 Å². The van der Waals surface area contributed by atoms with Gasteiger partial charge in [-0.05, 0) is 72.1 Å². The molecule has 7 aromatic rings. The maximum absolute atomic E-state index is 5.99. The first kappa shape index (κ1) is 36.4. The molecule has 0 atom stereocenters. The Morgan fingerprint density at radius 1 is 0.382 bits per heavy atom. The lowest BCUT2D eigenvalue weighted by atomic mass is 10.1. The van der Waals surface area contributed by atoms with E-state index in [2.05, 4.69) is 83.8 Å². The van der Waals surface area contributed by atoms with Crippen molar-refractivity contribution in [1.82, 2.24) is 9.97 Å². The Morgan fingerprint density at radius 2 is 0.836 bits per heavy atom. The predicted octanol–water partition coefficient (Wildman–Crippen LogP) is 8.61. The van der Waals surface area contributed by atoms with Gasteiger partial charge in [0, 0.05) is 46.1 Å². The van der Waals surface area contributed by atoms with Crippen molar-refractivity contribution < 1.29 is 28.4 Å². The molecule has 3 aliphatic rings. The maximum Gasteiger partial charge on any atom is 0.119 e. The molecule has 5 aromatic carbocycles. The van der Waals surface area contributed by atoms with Crippen LogP contribution >= 0.6 is 0 Å². The summed E-state index contributed by atoms with van der Waals surface area (Å²) in [5, 5.41) is 4.50. The SMILES string of the molecule is c1ccc2c(N3CCOCCOCCOc4ccc(cc4)-c4ccc5ccc6ccc(nc6c5n4)-c4ccc(cc4)OCCOCCOCC3)cccc2c1. The van der Waals surface area contributed by atoms with Crippen molar-refractivity contribution in [3.8, 4) is 34.0 Å². The molecule has 5 heterocycles. The van der Waals surface area contributed by atoms with Gasteiger partial charge in [-0.15, -0.1) is 0 Å². The summed E-state index contributed by atoms with van der Waals surface area (Å²) < 4.78 is 35.6. The van der Waals surface area contributed by atoms with E-state index in [4.69, 9.17) is 38.4 Å². The Balaban J connectivity index is 0.951. The highest BCUT2D eigenvalue weighted by Crippen LogP contribution is 2.30. The van der Waals surface area contributed by atoms with Crippen LogP contribution in [0.25, 0.3) is 55.1 Å². The van der Waals surface area contributed by atoms with E-state index in [0.29, 0.717) is 66.1 Å². The molecule has 3 aliphatic heterocycles. The van der Waals surface area contributed by atoms with Crippen LogP contribution in [0.4, 0.5) is 5.69 Å². The number of benzene rings is 5. The van der Waals surface area contributed by atoms with Crippen LogP contribution in [-0.2, 0) is 18.9 Å². The number of hydrogen-bond donors (Lipinski definition) is 0. The summed E-state index contributed by atoms with van der Waals surface area (Å²) in [5.41, 5.74) is 6.67. The third kappa shape index (κ3) is 9.21. The van der Waals surface area contributed by atoms with Gasteiger partial charge >= 0.3 is 0 Å². The Labute approximate surface area is 321 Å². The number of anilines is 1. The van der Waals surface area contributed by atoms with Crippen LogP contribution in [0, 0.1) is 0 Å². The average Bonchev–Trinajstić information content (AvgIpc) is 3.24. The molecule has 0 saturated heterocycles. The molecule has 2 aromatic heterocycles. The fourth-order valence-corrected chi connectivity index (χ4v) is 6.80. The zero-order chi connectivity index (χ0) is 37.1. The maximum atomic E-state index is 5.99. The highest BCUT2D eigenvalue weighted by Gasteiger charge is 2.12. The second kappa shape index (κ2) is 18.2. The highest BCUT2D eigenvalue weighted by molar-refractivity contribution is 6.04. The Morgan fingerprint density at radius 3 is 1.38 bits per heavy atom. The van der Waals surface area contributed by atoms with Crippen molar-refractivity contribution >= 4 is 38.3 Å². The van der Waals surface area contributed by atoms with Gasteiger partial charge in [-0.3, -0.25) is 0 Å². The lowest BCUT2D eigenvalue weighted by molar-refractivity contribution is 0.0347. The largest absolute Gasteiger partial charge is 0.491 e. The molecule has 0 fully saturated rings. The van der Waals surface area contributed by atoms with E-state index in [1.165, 1.54) is 16.5 Å². The quantitative estimate of drug-likeness (QED) is 0.154. The molecular weight excluding hydrogens is 691 g/mol. The van der Waals surface area contributed by atoms with E-state index in [9.17, 15) is 0 Å². The lowest BCUT2D eigenvalue weighted by Gasteiger charge is -2.26. The molecule has 0 radical (unpaired) electrons. The van der Waals surface area contributed by atoms with Crippen molar-refractivity contribution in [2.75, 3.05) is 84.1 Å². The van der Waals surface area contributed by atoms with Crippen LogP contribution in [0.3, 0.4) is 0 Å². The first-order chi connectivity index (χ1) is 27.3. The van der Waals surface area contributed by atoms with E-state index >= 15 is 0 Å². The molecule has 0 saturated carbocycles. The normalized spacial score (nSPS) is 15.8. The number of hydrogen-bond acceptors (Lipinski definition) is 9. The summed E-state index contributed by atoms with van der Waals surface area (Å²) in [7, 11) is 0. The molecule has 10 rings (SSSR count). The number of rotatable bonds is 1. The van der Waals surface area contributed by atoms with Gasteiger partial charge in [0.25, 0.3) is 0 Å². The monoisotopic (exact) mass is 735 g/mol. The van der Waals surface area contributed by atoms with Gasteiger partial charge in [0.1, 0.15) is 24.7 Å². The zero-order valence-electron chi connectivity index (χ0n) is 30.9. The smallest absolute Gasteiger partial charge is 0.119 e. The van der Waals surface area contributed by atoms with E-state index in [1.54, 1.807) is 0 Å². The topological polar surface area (TPSA) is 84.4 Å². The molecule has 8 bridgehead atoms. The molecule has 0 spiro atoms. The predicted molar refractivity (Wildman–Crippen MR) is 218 cm³/mol. The van der Waals surface area contributed by atoms with Crippen LogP contribution in [-0.4, -0.2) is 89.1 Å². The fourth-order valence-electron chi connectivity index (χ4n) is 6.80. The molecule has 0 amide bonds. The average molecular weight is 736 g/mol. The number of nitrogens with zero attached hydrogens (tertiary/aromatic N) is 3. The molecule has 9 heteroatoms. The minimum absolute atomic E-state index is 0.448. The molecule has 0 N–H and O–H groups in total. The molecular formula is C46H45N3O6. The van der Waals surface area contributed by atoms with Crippen LogP contribution in [0.5, 0.6) is 11.5 Å². The molecule has 55 heavy (non-hydrogen) atoms. The Hall–Kier alpha value is -5.58. The summed E-state index contributed by atoms with van der Waals surface area (Å²) >= 11 is 0. The van der Waals surface area contributed by atoms with Crippen molar-refractivity contribution in [1.29, 1.82) is 0 Å². The van der Waals surface area contributed by atoms with Gasteiger partial charge in [0.05, 0.1) is 75.3 Å². The van der Waals surface area contributed by atoms with Crippen LogP contribution < -0.4 is 14.4 Å². The van der Waals surface area contributed by atoms with Gasteiger partial charge in [-0.25, -0.2) is 9.97 Å². The number of pyridine rings is 2. The second-order valence-corrected chi connectivity index (χ2v) is 13.3. The number of fused-ring (bicyclic) bond motifs is 3. The number of ether oxygens (including phenoxy) is 6. The van der Waals surface area contributed by atoms with Crippen molar-refractivity contribution in [3.05, 3.63) is 127 Å². The summed E-state index contributed by atoms with van der Waals surface area (Å²) in [6.45, 7) is 6.44. The van der Waals surface area contributed by atoms with Crippen molar-refractivity contribution in [3.63, 3.8) is 0 Å². The molecule has 9 nitrogen and oxygen atoms in total. The highest BCUT2D eigenvalue weighted by atomic mass is 16.5. The Kier molecular flexibility index (Phi) is 12.0. The van der Waals surface area contributed by atoms with Gasteiger partial charge in [0.15, 0.2) is 0 Å². The first-order valence-corrected chi connectivity index (χ1v) is 19.0. The standard InChI is InChI=1S/C46H45N3O6/c1-2-6-41-34(4-1)5-3-7-44(41)49-22-24-50-26-28-52-30-32-54-39-16-10-35(11-17-39)42-20-14-37-8-9-38-15-21-43(48-46(38)45(37)47-42)36-12-18-40(19-13-36)55-33-31-53-29-27-51-25-23-49/h1-21H,22-33H2. The third-order valence-electron chi connectivity index (χ3n) is 9.68. The number of aromatic nitrogens is 2. The lowest BCUT2D eigenvalue weighted by Crippen LogP contribution is -2.31. The van der Waals surface area contributed by atoms with Crippen LogP contribution in [0.2, 0.25) is 0 Å². The van der Waals surface area contributed by atoms with Crippen molar-refractivity contribution in [2.24, 2.45) is 0 Å². The van der Waals surface area contributed by atoms with Gasteiger partial charge < -0.3 is 33.3 Å². The van der Waals surface area contributed by atoms with Crippen LogP contribution in [0.15, 0.2) is 127 Å². The zero-order valence-corrected chi connectivity index (χ0v) is 30.9. The van der Waals surface area contributed by atoms with E-state index in [0.717, 1.165) is 68.9 Å². The summed E-state index contributed by atoms with van der Waals surface area (Å²) in [5.74, 6) is 1.56. The van der Waals surface area contributed by atoms with E-state index in [1.807, 2.05) is 48.5 Å². The van der Waals surface area contributed by atoms with E-state index < -0.39 is 0 Å². The van der Waals surface area contributed by atoms with Crippen LogP contribution in [0.1, 0.15) is 0 Å². The van der Waals surface area contributed by atoms with Gasteiger partial charge in [-0.1, -0.05) is 60.7 Å². The Bertz CT molecular complexity index is 2190. The van der Waals surface area contributed by atoms with Crippen molar-refractivity contribution in [2.45, 2.75) is 0 Å². The summed E-state index contributed by atoms with van der Waals surface area (Å²) in [6, 6.07) is 43.4. The third-order valence-corrected chi connectivity index (χ3v) is 9.68. The minimum Gasteiger partial charge on any atom is -0.491 e. The molecule has 280 valence electrons. The fraction of sp³-hybridized carbons (Fsp3) is 0.261. The summed E-state index contributed by atoms with van der Waals surface area (Å²) in [4.78, 5) is 12.5. The molecule has 0 aliphatic carbocycles. The van der Waals surface area contributed by atoms with Gasteiger partial charge in [0.2, 0.25) is 0 Å². The summed E-state index contributed by atoms with van der Waals surface area (Å²) in [6.07, 6.45) is 0. The van der Waals surface area contributed by atoms with E-state index in [-0.39, 0.29) is 0 Å². The first-order valence-electron chi connectivity index (χ1n) is 19.0. The molecule has 0 unspecified atom stereocenters.